The molecule has 0 aliphatic rings. The lowest BCUT2D eigenvalue weighted by molar-refractivity contribution is -0.144. The van der Waals surface area contributed by atoms with Gasteiger partial charge in [-0.3, -0.25) is 9.59 Å². The summed E-state index contributed by atoms with van der Waals surface area (Å²) in [5, 5.41) is 2.63. The van der Waals surface area contributed by atoms with E-state index >= 15 is 0 Å². The normalized spacial score (nSPS) is 10.2. The van der Waals surface area contributed by atoms with E-state index in [1.807, 2.05) is 13.8 Å². The molecule has 0 aliphatic heterocycles. The average Bonchev–Trinajstić information content (AvgIpc) is 2.68. The first-order valence-electron chi connectivity index (χ1n) is 8.76. The maximum Gasteiger partial charge on any atom is 0.316 e. The number of amides is 1. The van der Waals surface area contributed by atoms with Gasteiger partial charge < -0.3 is 19.5 Å². The van der Waals surface area contributed by atoms with Crippen molar-refractivity contribution < 1.29 is 28.2 Å². The van der Waals surface area contributed by atoms with Gasteiger partial charge in [-0.25, -0.2) is 4.39 Å². The van der Waals surface area contributed by atoms with Crippen molar-refractivity contribution in [1.82, 2.24) is 0 Å². The van der Waals surface area contributed by atoms with Crippen LogP contribution in [0.15, 0.2) is 47.4 Å². The van der Waals surface area contributed by atoms with Gasteiger partial charge in [-0.05, 0) is 38.1 Å². The molecule has 6 nitrogen and oxygen atoms in total. The number of carbonyl (C=O) groups excluding carboxylic acids is 2. The van der Waals surface area contributed by atoms with E-state index in [0.717, 1.165) is 11.8 Å². The van der Waals surface area contributed by atoms with E-state index in [1.165, 1.54) is 6.07 Å². The summed E-state index contributed by atoms with van der Waals surface area (Å²) in [4.78, 5) is 24.1. The monoisotopic (exact) mass is 407 g/mol. The molecule has 0 saturated heterocycles. The molecule has 2 aromatic carbocycles. The van der Waals surface area contributed by atoms with Crippen molar-refractivity contribution in [3.8, 4) is 11.5 Å². The first-order chi connectivity index (χ1) is 13.5. The third kappa shape index (κ3) is 6.77. The van der Waals surface area contributed by atoms with E-state index in [0.29, 0.717) is 35.3 Å². The molecule has 1 amide bonds. The van der Waals surface area contributed by atoms with E-state index in [2.05, 4.69) is 5.32 Å². The number of nitrogens with one attached hydrogen (secondary N) is 1. The van der Waals surface area contributed by atoms with Crippen LogP contribution in [-0.4, -0.2) is 37.4 Å². The number of halogens is 1. The smallest absolute Gasteiger partial charge is 0.316 e. The number of esters is 1. The summed E-state index contributed by atoms with van der Waals surface area (Å²) in [6, 6.07) is 11.1. The van der Waals surface area contributed by atoms with Crippen molar-refractivity contribution in [3.63, 3.8) is 0 Å². The van der Waals surface area contributed by atoms with Gasteiger partial charge in [-0.15, -0.1) is 11.8 Å². The van der Waals surface area contributed by atoms with Crippen LogP contribution in [-0.2, 0) is 14.3 Å². The molecule has 0 aliphatic carbocycles. The molecule has 28 heavy (non-hydrogen) atoms. The number of ether oxygens (including phenoxy) is 3. The van der Waals surface area contributed by atoms with Crippen molar-refractivity contribution >= 4 is 29.3 Å². The minimum absolute atomic E-state index is 0.0915. The summed E-state index contributed by atoms with van der Waals surface area (Å²) in [6.07, 6.45) is 0. The summed E-state index contributed by atoms with van der Waals surface area (Å²) in [5.74, 6) is -0.495. The van der Waals surface area contributed by atoms with Crippen molar-refractivity contribution in [2.75, 3.05) is 30.9 Å². The molecule has 2 rings (SSSR count). The third-order valence-electron chi connectivity index (χ3n) is 3.37. The summed E-state index contributed by atoms with van der Waals surface area (Å²) < 4.78 is 29.4. The van der Waals surface area contributed by atoms with Gasteiger partial charge in [0.2, 0.25) is 0 Å². The predicted molar refractivity (Wildman–Crippen MR) is 105 cm³/mol. The number of anilines is 1. The quantitative estimate of drug-likeness (QED) is 0.476. The molecule has 0 radical (unpaired) electrons. The highest BCUT2D eigenvalue weighted by Gasteiger charge is 2.12. The first kappa shape index (κ1) is 21.6. The maximum absolute atomic E-state index is 13.5. The molecular weight excluding hydrogens is 385 g/mol. The molecule has 0 unspecified atom stereocenters. The van der Waals surface area contributed by atoms with Crippen LogP contribution in [0.25, 0.3) is 0 Å². The Balaban J connectivity index is 1.82. The van der Waals surface area contributed by atoms with Gasteiger partial charge in [0.25, 0.3) is 5.91 Å². The lowest BCUT2D eigenvalue weighted by atomic mass is 10.2. The molecule has 1 N–H and O–H groups in total. The maximum atomic E-state index is 13.5. The van der Waals surface area contributed by atoms with Gasteiger partial charge in [-0.1, -0.05) is 12.1 Å². The van der Waals surface area contributed by atoms with E-state index in [4.69, 9.17) is 14.2 Å². The number of hydrogen-bond acceptors (Lipinski definition) is 6. The van der Waals surface area contributed by atoms with Crippen molar-refractivity contribution in [2.24, 2.45) is 0 Å². The first-order valence-corrected chi connectivity index (χ1v) is 9.74. The van der Waals surface area contributed by atoms with Crippen LogP contribution >= 0.6 is 11.8 Å². The fraction of sp³-hybridized carbons (Fsp3) is 0.300. The van der Waals surface area contributed by atoms with Gasteiger partial charge in [0.05, 0.1) is 19.0 Å². The number of hydrogen-bond donors (Lipinski definition) is 1. The van der Waals surface area contributed by atoms with Crippen LogP contribution in [0, 0.1) is 5.82 Å². The Morgan fingerprint density at radius 2 is 1.75 bits per heavy atom. The zero-order chi connectivity index (χ0) is 20.4. The fourth-order valence-electron chi connectivity index (χ4n) is 2.21. The molecular formula is C20H22FNO5S. The predicted octanol–water partition coefficient (Wildman–Crippen LogP) is 3.90. The minimum Gasteiger partial charge on any atom is -0.490 e. The Morgan fingerprint density at radius 1 is 1.04 bits per heavy atom. The highest BCUT2D eigenvalue weighted by Crippen LogP contribution is 2.30. The van der Waals surface area contributed by atoms with Crippen LogP contribution in [0.1, 0.15) is 13.8 Å². The highest BCUT2D eigenvalue weighted by atomic mass is 32.2. The second-order valence-electron chi connectivity index (χ2n) is 5.46. The van der Waals surface area contributed by atoms with E-state index in [-0.39, 0.29) is 5.75 Å². The third-order valence-corrected chi connectivity index (χ3v) is 4.40. The summed E-state index contributed by atoms with van der Waals surface area (Å²) in [7, 11) is 0. The second kappa shape index (κ2) is 11.2. The molecule has 0 aromatic heterocycles. The molecule has 0 atom stereocenters. The minimum atomic E-state index is -0.606. The van der Waals surface area contributed by atoms with Gasteiger partial charge in [0.1, 0.15) is 5.82 Å². The summed E-state index contributed by atoms with van der Waals surface area (Å²) >= 11 is 1.01. The molecule has 0 fully saturated rings. The largest absolute Gasteiger partial charge is 0.490 e. The van der Waals surface area contributed by atoms with Gasteiger partial charge >= 0.3 is 5.97 Å². The van der Waals surface area contributed by atoms with Crippen LogP contribution in [0.2, 0.25) is 0 Å². The lowest BCUT2D eigenvalue weighted by Gasteiger charge is -2.13. The zero-order valence-corrected chi connectivity index (χ0v) is 16.5. The van der Waals surface area contributed by atoms with E-state index < -0.39 is 24.3 Å². The molecule has 0 heterocycles. The molecule has 0 saturated carbocycles. The fourth-order valence-corrected chi connectivity index (χ4v) is 2.95. The van der Waals surface area contributed by atoms with Crippen molar-refractivity contribution in [3.05, 3.63) is 48.3 Å². The van der Waals surface area contributed by atoms with Crippen molar-refractivity contribution in [1.29, 1.82) is 0 Å². The van der Waals surface area contributed by atoms with Crippen LogP contribution in [0.3, 0.4) is 0 Å². The number of carbonyl (C=O) groups is 2. The Kier molecular flexibility index (Phi) is 8.61. The molecule has 0 bridgehead atoms. The Bertz CT molecular complexity index is 815. The Labute approximate surface area is 167 Å². The van der Waals surface area contributed by atoms with E-state index in [1.54, 1.807) is 36.4 Å². The number of thioether (sulfide) groups is 1. The van der Waals surface area contributed by atoms with E-state index in [9.17, 15) is 14.0 Å². The molecule has 150 valence electrons. The molecule has 8 heteroatoms. The highest BCUT2D eigenvalue weighted by molar-refractivity contribution is 8.00. The lowest BCUT2D eigenvalue weighted by Crippen LogP contribution is -2.21. The van der Waals surface area contributed by atoms with Crippen molar-refractivity contribution in [2.45, 2.75) is 18.7 Å². The summed E-state index contributed by atoms with van der Waals surface area (Å²) in [6.45, 7) is 4.22. The van der Waals surface area contributed by atoms with Crippen LogP contribution < -0.4 is 14.8 Å². The van der Waals surface area contributed by atoms with Gasteiger partial charge in [0, 0.05) is 16.6 Å². The standard InChI is InChI=1S/C20H22FNO5S/c1-3-25-16-10-9-14(11-17(16)26-4-2)22-19(23)12-27-20(24)13-28-18-8-6-5-7-15(18)21/h5-11H,3-4,12-13H2,1-2H3,(H,22,23). The second-order valence-corrected chi connectivity index (χ2v) is 6.47. The Hall–Kier alpha value is -2.74. The number of rotatable bonds is 10. The molecule has 2 aromatic rings. The Morgan fingerprint density at radius 3 is 2.46 bits per heavy atom. The average molecular weight is 407 g/mol. The number of benzene rings is 2. The van der Waals surface area contributed by atoms with Gasteiger partial charge in [-0.2, -0.15) is 0 Å². The van der Waals surface area contributed by atoms with Gasteiger partial charge in [0.15, 0.2) is 18.1 Å². The zero-order valence-electron chi connectivity index (χ0n) is 15.7. The molecule has 0 spiro atoms. The van der Waals surface area contributed by atoms with Crippen LogP contribution in [0.5, 0.6) is 11.5 Å². The summed E-state index contributed by atoms with van der Waals surface area (Å²) in [5.41, 5.74) is 0.494. The SMILES string of the molecule is CCOc1ccc(NC(=O)COC(=O)CSc2ccccc2F)cc1OCC. The van der Waals surface area contributed by atoms with Crippen LogP contribution in [0.4, 0.5) is 10.1 Å². The topological polar surface area (TPSA) is 73.9 Å².